The molecule has 0 aromatic heterocycles. The number of nitrogen functional groups attached to an aromatic ring is 1. The van der Waals surface area contributed by atoms with Gasteiger partial charge in [-0.2, -0.15) is 0 Å². The summed E-state index contributed by atoms with van der Waals surface area (Å²) in [6.45, 7) is 0. The summed E-state index contributed by atoms with van der Waals surface area (Å²) in [5.41, 5.74) is 12.5. The maximum absolute atomic E-state index is 11.4. The van der Waals surface area contributed by atoms with E-state index in [1.54, 1.807) is 54.6 Å². The average molecular weight is 416 g/mol. The summed E-state index contributed by atoms with van der Waals surface area (Å²) in [6, 6.07) is 11.1. The number of halogens is 1. The normalized spacial score (nSPS) is 15.8. The Morgan fingerprint density at radius 2 is 2.00 bits per heavy atom. The van der Waals surface area contributed by atoms with Crippen molar-refractivity contribution in [2.24, 2.45) is 5.73 Å². The van der Waals surface area contributed by atoms with Crippen LogP contribution in [-0.2, 0) is 4.79 Å². The van der Waals surface area contributed by atoms with Gasteiger partial charge in [-0.05, 0) is 30.3 Å². The number of hydrogen-bond donors (Lipinski definition) is 4. The van der Waals surface area contributed by atoms with E-state index in [1.807, 2.05) is 12.2 Å². The fourth-order valence-corrected chi connectivity index (χ4v) is 2.58. The fraction of sp³-hybridized carbons (Fsp3) is 0.143. The molecule has 2 unspecified atom stereocenters. The maximum atomic E-state index is 11.4. The monoisotopic (exact) mass is 415 g/mol. The van der Waals surface area contributed by atoms with Gasteiger partial charge in [-0.15, -0.1) is 0 Å². The lowest BCUT2D eigenvalue weighted by molar-refractivity contribution is -0.145. The molecular weight excluding hydrogens is 394 g/mol. The summed E-state index contributed by atoms with van der Waals surface area (Å²) in [5, 5.41) is 16.9. The fourth-order valence-electron chi connectivity index (χ4n) is 2.38. The van der Waals surface area contributed by atoms with E-state index in [0.29, 0.717) is 27.7 Å². The number of carboxylic acid groups (broad SMARTS) is 1. The molecule has 29 heavy (non-hydrogen) atoms. The summed E-state index contributed by atoms with van der Waals surface area (Å²) in [5.74, 6) is -0.301. The predicted molar refractivity (Wildman–Crippen MR) is 114 cm³/mol. The van der Waals surface area contributed by atoms with E-state index in [0.717, 1.165) is 0 Å². The number of benzene rings is 2. The van der Waals surface area contributed by atoms with Gasteiger partial charge in [0.15, 0.2) is 0 Å². The molecule has 8 heteroatoms. The molecule has 0 saturated heterocycles. The smallest absolute Gasteiger partial charge is 0.349 e. The Labute approximate surface area is 173 Å². The summed E-state index contributed by atoms with van der Waals surface area (Å²) >= 11 is 5.88. The van der Waals surface area contributed by atoms with Gasteiger partial charge in [0.2, 0.25) is 6.10 Å². The molecule has 1 aliphatic carbocycles. The second-order valence-corrected chi connectivity index (χ2v) is 6.46. The molecule has 0 amide bonds. The standard InChI is InChI=1S/C15H14ClNO4.C6H8N2/c1-20-11-5-6-13(12(17)8-11)21-14(15(18)19)9-3-2-4-10(16)7-9;7-5-3-1-2-4-6(5)8/h2-8,14H,17H2,1H3,(H,18,19);1-5,8H,7H2. The Hall–Kier alpha value is -3.29. The number of nitrogens with one attached hydrogen (secondary N) is 1. The number of carbonyl (C=O) groups is 1. The molecule has 0 bridgehead atoms. The number of methoxy groups -OCH3 is 1. The Kier molecular flexibility index (Phi) is 7.82. The van der Waals surface area contributed by atoms with Gasteiger partial charge in [-0.3, -0.25) is 0 Å². The SMILES string of the molecule is COc1ccc(OC(C(=O)O)c2cccc(Cl)c2)c(N)c1.N=C1C=CC=CC1N. The third kappa shape index (κ3) is 6.38. The van der Waals surface area contributed by atoms with Crippen LogP contribution in [-0.4, -0.2) is 29.9 Å². The lowest BCUT2D eigenvalue weighted by Gasteiger charge is -2.17. The van der Waals surface area contributed by atoms with Crippen molar-refractivity contribution in [3.63, 3.8) is 0 Å². The summed E-state index contributed by atoms with van der Waals surface area (Å²) in [4.78, 5) is 11.4. The third-order valence-electron chi connectivity index (χ3n) is 3.90. The van der Waals surface area contributed by atoms with E-state index in [9.17, 15) is 9.90 Å². The lowest BCUT2D eigenvalue weighted by atomic mass is 10.1. The van der Waals surface area contributed by atoms with Gasteiger partial charge in [0, 0.05) is 16.7 Å². The number of aliphatic carboxylic acids is 1. The van der Waals surface area contributed by atoms with Gasteiger partial charge in [0.05, 0.1) is 24.6 Å². The topological polar surface area (TPSA) is 132 Å². The van der Waals surface area contributed by atoms with Gasteiger partial charge < -0.3 is 31.5 Å². The van der Waals surface area contributed by atoms with Crippen LogP contribution in [0.2, 0.25) is 5.02 Å². The van der Waals surface area contributed by atoms with Crippen LogP contribution in [0.1, 0.15) is 11.7 Å². The van der Waals surface area contributed by atoms with Crippen molar-refractivity contribution in [3.8, 4) is 11.5 Å². The van der Waals surface area contributed by atoms with E-state index < -0.39 is 12.1 Å². The maximum Gasteiger partial charge on any atom is 0.349 e. The molecule has 2 atom stereocenters. The molecule has 3 rings (SSSR count). The van der Waals surface area contributed by atoms with Crippen LogP contribution in [0.3, 0.4) is 0 Å². The summed E-state index contributed by atoms with van der Waals surface area (Å²) in [7, 11) is 1.52. The van der Waals surface area contributed by atoms with Crippen LogP contribution in [0.5, 0.6) is 11.5 Å². The first-order chi connectivity index (χ1) is 13.8. The van der Waals surface area contributed by atoms with Gasteiger partial charge in [-0.1, -0.05) is 42.0 Å². The molecule has 1 aliphatic rings. The van der Waals surface area contributed by atoms with E-state index in [1.165, 1.54) is 7.11 Å². The molecule has 0 saturated carbocycles. The van der Waals surface area contributed by atoms with Crippen LogP contribution < -0.4 is 20.9 Å². The minimum atomic E-state index is -1.20. The van der Waals surface area contributed by atoms with Crippen molar-refractivity contribution in [3.05, 3.63) is 77.4 Å². The van der Waals surface area contributed by atoms with Crippen LogP contribution in [0.25, 0.3) is 0 Å². The van der Waals surface area contributed by atoms with Gasteiger partial charge in [0.1, 0.15) is 11.5 Å². The molecular formula is C21H22ClN3O4. The third-order valence-corrected chi connectivity index (χ3v) is 4.14. The van der Waals surface area contributed by atoms with Crippen LogP contribution in [0, 0.1) is 5.41 Å². The Morgan fingerprint density at radius 1 is 1.24 bits per heavy atom. The van der Waals surface area contributed by atoms with E-state index >= 15 is 0 Å². The molecule has 0 fully saturated rings. The molecule has 7 nitrogen and oxygen atoms in total. The van der Waals surface area contributed by atoms with Crippen LogP contribution in [0.4, 0.5) is 5.69 Å². The number of hydrogen-bond acceptors (Lipinski definition) is 6. The van der Waals surface area contributed by atoms with Crippen molar-refractivity contribution in [1.82, 2.24) is 0 Å². The highest BCUT2D eigenvalue weighted by Gasteiger charge is 2.23. The zero-order valence-corrected chi connectivity index (χ0v) is 16.5. The van der Waals surface area contributed by atoms with Crippen molar-refractivity contribution in [2.45, 2.75) is 12.1 Å². The van der Waals surface area contributed by atoms with Crippen molar-refractivity contribution in [1.29, 1.82) is 5.41 Å². The molecule has 0 radical (unpaired) electrons. The second kappa shape index (κ2) is 10.3. The Morgan fingerprint density at radius 3 is 2.52 bits per heavy atom. The summed E-state index contributed by atoms with van der Waals surface area (Å²) in [6.07, 6.45) is 5.96. The first-order valence-corrected chi connectivity index (χ1v) is 8.97. The molecule has 6 N–H and O–H groups in total. The highest BCUT2D eigenvalue weighted by Crippen LogP contribution is 2.31. The number of nitrogens with two attached hydrogens (primary N) is 2. The molecule has 152 valence electrons. The number of carboxylic acids is 1. The van der Waals surface area contributed by atoms with Gasteiger partial charge in [-0.25, -0.2) is 4.79 Å². The zero-order chi connectivity index (χ0) is 21.4. The molecule has 0 aliphatic heterocycles. The van der Waals surface area contributed by atoms with Crippen LogP contribution >= 0.6 is 11.6 Å². The Balaban J connectivity index is 0.000000313. The number of ether oxygens (including phenoxy) is 2. The van der Waals surface area contributed by atoms with Crippen molar-refractivity contribution in [2.75, 3.05) is 12.8 Å². The quantitative estimate of drug-likeness (QED) is 0.551. The first kappa shape index (κ1) is 22.0. The van der Waals surface area contributed by atoms with Crippen molar-refractivity contribution < 1.29 is 19.4 Å². The minimum absolute atomic E-state index is 0.181. The second-order valence-electron chi connectivity index (χ2n) is 6.02. The molecule has 0 spiro atoms. The summed E-state index contributed by atoms with van der Waals surface area (Å²) < 4.78 is 10.5. The highest BCUT2D eigenvalue weighted by molar-refractivity contribution is 6.30. The first-order valence-electron chi connectivity index (χ1n) is 8.59. The minimum Gasteiger partial charge on any atom is -0.497 e. The number of rotatable bonds is 5. The van der Waals surface area contributed by atoms with E-state index in [4.69, 9.17) is 38.0 Å². The predicted octanol–water partition coefficient (Wildman–Crippen LogP) is 3.59. The van der Waals surface area contributed by atoms with Gasteiger partial charge >= 0.3 is 5.97 Å². The van der Waals surface area contributed by atoms with E-state index in [-0.39, 0.29) is 11.8 Å². The lowest BCUT2D eigenvalue weighted by Crippen LogP contribution is -2.26. The molecule has 2 aromatic carbocycles. The zero-order valence-electron chi connectivity index (χ0n) is 15.7. The number of anilines is 1. The highest BCUT2D eigenvalue weighted by atomic mass is 35.5. The van der Waals surface area contributed by atoms with Crippen LogP contribution in [0.15, 0.2) is 66.8 Å². The van der Waals surface area contributed by atoms with Crippen molar-refractivity contribution >= 4 is 29.0 Å². The average Bonchev–Trinajstić information content (AvgIpc) is 2.69. The van der Waals surface area contributed by atoms with Gasteiger partial charge in [0.25, 0.3) is 0 Å². The van der Waals surface area contributed by atoms with E-state index in [2.05, 4.69) is 0 Å². The largest absolute Gasteiger partial charge is 0.497 e. The molecule has 2 aromatic rings. The Bertz CT molecular complexity index is 943. The number of allylic oxidation sites excluding steroid dienone is 2. The molecule has 0 heterocycles.